The van der Waals surface area contributed by atoms with E-state index in [4.69, 9.17) is 9.47 Å². The van der Waals surface area contributed by atoms with E-state index in [-0.39, 0.29) is 23.5 Å². The molecule has 7 nitrogen and oxygen atoms in total. The van der Waals surface area contributed by atoms with E-state index in [1.807, 2.05) is 25.3 Å². The maximum Gasteiger partial charge on any atom is 0.255 e. The highest BCUT2D eigenvalue weighted by Crippen LogP contribution is 2.34. The van der Waals surface area contributed by atoms with Gasteiger partial charge in [-0.15, -0.1) is 0 Å². The Morgan fingerprint density at radius 1 is 1.09 bits per heavy atom. The fourth-order valence-corrected chi connectivity index (χ4v) is 6.22. The largest absolute Gasteiger partial charge is 0.489 e. The van der Waals surface area contributed by atoms with Crippen LogP contribution in [0.3, 0.4) is 0 Å². The zero-order chi connectivity index (χ0) is 24.6. The van der Waals surface area contributed by atoms with Gasteiger partial charge in [0.25, 0.3) is 5.91 Å². The number of carbonyl (C=O) groups is 2. The summed E-state index contributed by atoms with van der Waals surface area (Å²) in [7, 11) is 1.82. The summed E-state index contributed by atoms with van der Waals surface area (Å²) in [4.78, 5) is 29.9. The van der Waals surface area contributed by atoms with Crippen molar-refractivity contribution in [3.8, 4) is 5.75 Å². The number of benzene rings is 1. The number of fused-ring (bicyclic) bond motifs is 1. The Kier molecular flexibility index (Phi) is 6.91. The number of hydrogen-bond donors (Lipinski definition) is 1. The molecular weight excluding hydrogens is 442 g/mol. The van der Waals surface area contributed by atoms with E-state index in [1.54, 1.807) is 4.90 Å². The molecule has 3 fully saturated rings. The van der Waals surface area contributed by atoms with Gasteiger partial charge in [-0.3, -0.25) is 14.5 Å². The Balaban J connectivity index is 1.28. The monoisotopic (exact) mass is 481 g/mol. The highest BCUT2D eigenvalue weighted by Gasteiger charge is 2.39. The molecule has 35 heavy (non-hydrogen) atoms. The predicted molar refractivity (Wildman–Crippen MR) is 134 cm³/mol. The third kappa shape index (κ3) is 4.98. The molecule has 0 radical (unpaired) electrons. The first kappa shape index (κ1) is 24.3. The van der Waals surface area contributed by atoms with Crippen molar-refractivity contribution >= 4 is 11.8 Å². The molecule has 2 saturated heterocycles. The SMILES string of the molecule is C=C1CCC(N2Cc3cc(O[C@@H]4CCCCC[C@@H]4N4CCC(C)(OC)CC4)ccc3C2=O)C(=O)N1. The van der Waals surface area contributed by atoms with Gasteiger partial charge in [0.1, 0.15) is 17.9 Å². The zero-order valence-corrected chi connectivity index (χ0v) is 21.2. The van der Waals surface area contributed by atoms with Crippen molar-refractivity contribution in [1.29, 1.82) is 0 Å². The maximum atomic E-state index is 13.1. The van der Waals surface area contributed by atoms with Crippen LogP contribution in [0.15, 0.2) is 30.5 Å². The fourth-order valence-electron chi connectivity index (χ4n) is 6.22. The Labute approximate surface area is 208 Å². The molecule has 1 unspecified atom stereocenters. The van der Waals surface area contributed by atoms with E-state index in [1.165, 1.54) is 19.3 Å². The molecule has 3 aliphatic heterocycles. The molecule has 0 spiro atoms. The number of allylic oxidation sites excluding steroid dienone is 1. The Morgan fingerprint density at radius 2 is 1.86 bits per heavy atom. The van der Waals surface area contributed by atoms with Crippen molar-refractivity contribution in [2.24, 2.45) is 0 Å². The summed E-state index contributed by atoms with van der Waals surface area (Å²) in [5.74, 6) is 0.628. The normalized spacial score (nSPS) is 29.5. The van der Waals surface area contributed by atoms with Crippen LogP contribution in [0.4, 0.5) is 0 Å². The van der Waals surface area contributed by atoms with Crippen LogP contribution in [0.5, 0.6) is 5.75 Å². The number of nitrogens with zero attached hydrogens (tertiary/aromatic N) is 2. The van der Waals surface area contributed by atoms with Crippen molar-refractivity contribution in [3.63, 3.8) is 0 Å². The first-order valence-corrected chi connectivity index (χ1v) is 13.3. The third-order valence-electron chi connectivity index (χ3n) is 8.63. The van der Waals surface area contributed by atoms with E-state index in [9.17, 15) is 9.59 Å². The van der Waals surface area contributed by atoms with Gasteiger partial charge in [0, 0.05) is 44.0 Å². The lowest BCUT2D eigenvalue weighted by Crippen LogP contribution is -2.52. The topological polar surface area (TPSA) is 71.1 Å². The van der Waals surface area contributed by atoms with Gasteiger partial charge in [0.05, 0.1) is 5.60 Å². The zero-order valence-electron chi connectivity index (χ0n) is 21.2. The molecule has 0 aromatic heterocycles. The van der Waals surface area contributed by atoms with Crippen LogP contribution in [0.1, 0.15) is 80.6 Å². The van der Waals surface area contributed by atoms with E-state index in [0.29, 0.717) is 31.0 Å². The van der Waals surface area contributed by atoms with Crippen molar-refractivity contribution in [1.82, 2.24) is 15.1 Å². The summed E-state index contributed by atoms with van der Waals surface area (Å²) in [6, 6.07) is 5.80. The van der Waals surface area contributed by atoms with Crippen LogP contribution in [-0.2, 0) is 16.1 Å². The van der Waals surface area contributed by atoms with Crippen molar-refractivity contribution in [2.45, 2.75) is 95.0 Å². The van der Waals surface area contributed by atoms with Crippen LogP contribution in [-0.4, -0.2) is 65.6 Å². The predicted octanol–water partition coefficient (Wildman–Crippen LogP) is 4.02. The number of hydrogen-bond acceptors (Lipinski definition) is 5. The van der Waals surface area contributed by atoms with Gasteiger partial charge < -0.3 is 19.7 Å². The van der Waals surface area contributed by atoms with Gasteiger partial charge in [0.2, 0.25) is 5.91 Å². The van der Waals surface area contributed by atoms with Crippen molar-refractivity contribution < 1.29 is 19.1 Å². The molecule has 3 atom stereocenters. The Hall–Kier alpha value is -2.38. The van der Waals surface area contributed by atoms with E-state index >= 15 is 0 Å². The van der Waals surface area contributed by atoms with E-state index < -0.39 is 6.04 Å². The summed E-state index contributed by atoms with van der Waals surface area (Å²) in [5, 5.41) is 2.81. The summed E-state index contributed by atoms with van der Waals surface area (Å²) < 4.78 is 12.4. The molecule has 1 aromatic carbocycles. The van der Waals surface area contributed by atoms with Crippen LogP contribution in [0, 0.1) is 0 Å². The lowest BCUT2D eigenvalue weighted by Gasteiger charge is -2.43. The molecule has 2 amide bonds. The highest BCUT2D eigenvalue weighted by molar-refractivity contribution is 6.01. The minimum atomic E-state index is -0.437. The first-order chi connectivity index (χ1) is 16.9. The third-order valence-corrected chi connectivity index (χ3v) is 8.63. The van der Waals surface area contributed by atoms with Gasteiger partial charge in [-0.25, -0.2) is 0 Å². The summed E-state index contributed by atoms with van der Waals surface area (Å²) >= 11 is 0. The molecule has 3 heterocycles. The molecule has 0 bridgehead atoms. The van der Waals surface area contributed by atoms with Crippen LogP contribution in [0.2, 0.25) is 0 Å². The number of methoxy groups -OCH3 is 1. The summed E-state index contributed by atoms with van der Waals surface area (Å²) in [6.07, 6.45) is 9.45. The van der Waals surface area contributed by atoms with Crippen molar-refractivity contribution in [3.05, 3.63) is 41.6 Å². The molecule has 4 aliphatic rings. The Morgan fingerprint density at radius 3 is 2.60 bits per heavy atom. The second kappa shape index (κ2) is 9.94. The minimum absolute atomic E-state index is 0.0154. The number of ether oxygens (including phenoxy) is 2. The Bertz CT molecular complexity index is 984. The summed E-state index contributed by atoms with van der Waals surface area (Å²) in [6.45, 7) is 8.59. The van der Waals surface area contributed by atoms with Gasteiger partial charge in [-0.05, 0) is 75.6 Å². The highest BCUT2D eigenvalue weighted by atomic mass is 16.5. The van der Waals surface area contributed by atoms with Crippen LogP contribution in [0.25, 0.3) is 0 Å². The average molecular weight is 482 g/mol. The van der Waals surface area contributed by atoms with Gasteiger partial charge >= 0.3 is 0 Å². The second-order valence-corrected chi connectivity index (χ2v) is 11.0. The second-order valence-electron chi connectivity index (χ2n) is 11.0. The van der Waals surface area contributed by atoms with Crippen molar-refractivity contribution in [2.75, 3.05) is 20.2 Å². The quantitative estimate of drug-likeness (QED) is 0.644. The lowest BCUT2D eigenvalue weighted by atomic mass is 9.91. The van der Waals surface area contributed by atoms with E-state index in [2.05, 4.69) is 23.7 Å². The van der Waals surface area contributed by atoms with Crippen LogP contribution < -0.4 is 10.1 Å². The van der Waals surface area contributed by atoms with E-state index in [0.717, 1.165) is 55.8 Å². The molecule has 1 aliphatic carbocycles. The molecule has 1 saturated carbocycles. The summed E-state index contributed by atoms with van der Waals surface area (Å²) in [5.41, 5.74) is 2.34. The molecule has 5 rings (SSSR count). The fraction of sp³-hybridized carbons (Fsp3) is 0.643. The maximum absolute atomic E-state index is 13.1. The number of amides is 2. The number of piperidine rings is 2. The molecule has 1 aromatic rings. The number of likely N-dealkylation sites (tertiary alicyclic amines) is 1. The molecular formula is C28H39N3O4. The van der Waals surface area contributed by atoms with Crippen LogP contribution >= 0.6 is 0 Å². The van der Waals surface area contributed by atoms with Gasteiger partial charge in [-0.1, -0.05) is 19.4 Å². The molecule has 7 heteroatoms. The number of carbonyl (C=O) groups excluding carboxylic acids is 2. The van der Waals surface area contributed by atoms with Gasteiger partial charge in [-0.2, -0.15) is 0 Å². The molecule has 1 N–H and O–H groups in total. The standard InChI is InChI=1S/C28H39N3O4/c1-19-9-12-24(26(32)29-19)31-18-20-17-21(10-11-22(20)27(31)33)35-25-8-6-4-5-7-23(25)30-15-13-28(2,34-3)14-16-30/h10-11,17,23-25H,1,4-9,12-16,18H2,2-3H3,(H,29,32)/t23-,24?,25+/m0/s1. The first-order valence-electron chi connectivity index (χ1n) is 13.3. The number of nitrogens with one attached hydrogen (secondary N) is 1. The minimum Gasteiger partial charge on any atom is -0.489 e. The smallest absolute Gasteiger partial charge is 0.255 e. The number of rotatable bonds is 5. The molecule has 190 valence electrons. The average Bonchev–Trinajstić information content (AvgIpc) is 3.00. The lowest BCUT2D eigenvalue weighted by molar-refractivity contribution is -0.126. The van der Waals surface area contributed by atoms with Gasteiger partial charge in [0.15, 0.2) is 0 Å².